The van der Waals surface area contributed by atoms with Gasteiger partial charge in [-0.2, -0.15) is 0 Å². The summed E-state index contributed by atoms with van der Waals surface area (Å²) in [5.41, 5.74) is 5.69. The summed E-state index contributed by atoms with van der Waals surface area (Å²) in [6.45, 7) is 10.1. The van der Waals surface area contributed by atoms with Gasteiger partial charge in [-0.05, 0) is 37.6 Å². The van der Waals surface area contributed by atoms with Crippen LogP contribution in [-0.2, 0) is 0 Å². The molecule has 0 spiro atoms. The second-order valence-electron chi connectivity index (χ2n) is 5.86. The monoisotopic (exact) mass is 241 g/mol. The first-order chi connectivity index (χ1) is 8.02. The number of piperidine rings is 1. The molecule has 2 atom stereocenters. The fourth-order valence-corrected chi connectivity index (χ4v) is 2.86. The Labute approximate surface area is 105 Å². The van der Waals surface area contributed by atoms with E-state index in [4.69, 9.17) is 10.9 Å². The van der Waals surface area contributed by atoms with E-state index in [1.165, 1.54) is 6.42 Å². The van der Waals surface area contributed by atoms with Crippen molar-refractivity contribution in [3.63, 3.8) is 0 Å². The third kappa shape index (κ3) is 4.94. The Morgan fingerprint density at radius 1 is 1.47 bits per heavy atom. The number of likely N-dealkylation sites (tertiary alicyclic amines) is 1. The molecule has 1 heterocycles. The summed E-state index contributed by atoms with van der Waals surface area (Å²) in [5.74, 6) is 2.11. The van der Waals surface area contributed by atoms with Crippen LogP contribution in [0.1, 0.15) is 40.0 Å². The minimum absolute atomic E-state index is 0.236. The lowest BCUT2D eigenvalue weighted by Crippen LogP contribution is -2.43. The highest BCUT2D eigenvalue weighted by Gasteiger charge is 2.24. The van der Waals surface area contributed by atoms with E-state index < -0.39 is 0 Å². The highest BCUT2D eigenvalue weighted by Crippen LogP contribution is 2.19. The molecule has 3 N–H and O–H groups in total. The van der Waals surface area contributed by atoms with E-state index in [9.17, 15) is 0 Å². The SMILES string of the molecule is CC(C)CC(C)CN1CCCC(C(N)=NO)C1. The van der Waals surface area contributed by atoms with E-state index in [-0.39, 0.29) is 5.92 Å². The lowest BCUT2D eigenvalue weighted by atomic mass is 9.94. The van der Waals surface area contributed by atoms with E-state index in [0.29, 0.717) is 5.84 Å². The van der Waals surface area contributed by atoms with Gasteiger partial charge in [-0.15, -0.1) is 0 Å². The fourth-order valence-electron chi connectivity index (χ4n) is 2.86. The average molecular weight is 241 g/mol. The van der Waals surface area contributed by atoms with Gasteiger partial charge in [0, 0.05) is 19.0 Å². The summed E-state index contributed by atoms with van der Waals surface area (Å²) < 4.78 is 0. The van der Waals surface area contributed by atoms with Gasteiger partial charge in [-0.3, -0.25) is 0 Å². The molecule has 4 nitrogen and oxygen atoms in total. The summed E-state index contributed by atoms with van der Waals surface area (Å²) >= 11 is 0. The minimum Gasteiger partial charge on any atom is -0.409 e. The molecule has 0 aromatic heterocycles. The normalized spacial score (nSPS) is 25.2. The maximum absolute atomic E-state index is 8.72. The predicted molar refractivity (Wildman–Crippen MR) is 71.2 cm³/mol. The molecule has 0 aromatic carbocycles. The van der Waals surface area contributed by atoms with Crippen LogP contribution in [0.4, 0.5) is 0 Å². The van der Waals surface area contributed by atoms with Crippen LogP contribution in [0.2, 0.25) is 0 Å². The second kappa shape index (κ2) is 6.84. The van der Waals surface area contributed by atoms with Crippen molar-refractivity contribution in [2.75, 3.05) is 19.6 Å². The topological polar surface area (TPSA) is 61.8 Å². The van der Waals surface area contributed by atoms with E-state index in [0.717, 1.165) is 44.3 Å². The molecule has 1 rings (SSSR count). The lowest BCUT2D eigenvalue weighted by Gasteiger charge is -2.34. The van der Waals surface area contributed by atoms with Gasteiger partial charge in [0.15, 0.2) is 0 Å². The Hall–Kier alpha value is -0.770. The van der Waals surface area contributed by atoms with Crippen molar-refractivity contribution in [3.05, 3.63) is 0 Å². The highest BCUT2D eigenvalue weighted by molar-refractivity contribution is 5.82. The van der Waals surface area contributed by atoms with Gasteiger partial charge in [0.2, 0.25) is 0 Å². The van der Waals surface area contributed by atoms with Crippen molar-refractivity contribution in [2.24, 2.45) is 28.6 Å². The maximum Gasteiger partial charge on any atom is 0.143 e. The van der Waals surface area contributed by atoms with E-state index in [1.54, 1.807) is 0 Å². The lowest BCUT2D eigenvalue weighted by molar-refractivity contribution is 0.169. The third-order valence-corrected chi connectivity index (χ3v) is 3.48. The summed E-state index contributed by atoms with van der Waals surface area (Å²) in [6, 6.07) is 0. The van der Waals surface area contributed by atoms with Crippen LogP contribution >= 0.6 is 0 Å². The summed E-state index contributed by atoms with van der Waals surface area (Å²) in [6.07, 6.45) is 3.46. The first kappa shape index (κ1) is 14.3. The zero-order valence-electron chi connectivity index (χ0n) is 11.4. The van der Waals surface area contributed by atoms with Crippen LogP contribution in [0.5, 0.6) is 0 Å². The van der Waals surface area contributed by atoms with Crippen molar-refractivity contribution in [3.8, 4) is 0 Å². The van der Waals surface area contributed by atoms with Gasteiger partial charge in [-0.1, -0.05) is 25.9 Å². The van der Waals surface area contributed by atoms with Crippen LogP contribution in [-0.4, -0.2) is 35.6 Å². The highest BCUT2D eigenvalue weighted by atomic mass is 16.4. The number of nitrogens with two attached hydrogens (primary N) is 1. The first-order valence-corrected chi connectivity index (χ1v) is 6.72. The number of rotatable bonds is 5. The molecule has 0 bridgehead atoms. The van der Waals surface area contributed by atoms with Gasteiger partial charge in [0.1, 0.15) is 5.84 Å². The Morgan fingerprint density at radius 2 is 2.18 bits per heavy atom. The Morgan fingerprint density at radius 3 is 2.76 bits per heavy atom. The van der Waals surface area contributed by atoms with E-state index in [2.05, 4.69) is 30.8 Å². The standard InChI is InChI=1S/C13H27N3O/c1-10(2)7-11(3)8-16-6-4-5-12(9-16)13(14)15-17/h10-12,17H,4-9H2,1-3H3,(H2,14,15). The molecule has 2 unspecified atom stereocenters. The minimum atomic E-state index is 0.236. The predicted octanol–water partition coefficient (Wildman–Crippen LogP) is 2.13. The smallest absolute Gasteiger partial charge is 0.143 e. The molecule has 1 aliphatic heterocycles. The van der Waals surface area contributed by atoms with Crippen molar-refractivity contribution < 1.29 is 5.21 Å². The number of amidine groups is 1. The zero-order valence-corrected chi connectivity index (χ0v) is 11.4. The molecule has 0 saturated carbocycles. The van der Waals surface area contributed by atoms with Gasteiger partial charge in [0.25, 0.3) is 0 Å². The molecule has 0 radical (unpaired) electrons. The molecule has 0 aliphatic carbocycles. The molecule has 4 heteroatoms. The number of oxime groups is 1. The van der Waals surface area contributed by atoms with Crippen molar-refractivity contribution in [1.82, 2.24) is 4.90 Å². The maximum atomic E-state index is 8.72. The van der Waals surface area contributed by atoms with Gasteiger partial charge in [0.05, 0.1) is 0 Å². The summed E-state index contributed by atoms with van der Waals surface area (Å²) in [7, 11) is 0. The van der Waals surface area contributed by atoms with Crippen molar-refractivity contribution >= 4 is 5.84 Å². The number of hydrogen-bond acceptors (Lipinski definition) is 3. The Bertz CT molecular complexity index is 253. The molecule has 0 aromatic rings. The summed E-state index contributed by atoms with van der Waals surface area (Å²) in [4.78, 5) is 2.46. The first-order valence-electron chi connectivity index (χ1n) is 6.72. The summed E-state index contributed by atoms with van der Waals surface area (Å²) in [5, 5.41) is 11.9. The van der Waals surface area contributed by atoms with E-state index in [1.807, 2.05) is 0 Å². The molecule has 100 valence electrons. The Kier molecular flexibility index (Phi) is 5.75. The molecular formula is C13H27N3O. The van der Waals surface area contributed by atoms with Crippen molar-refractivity contribution in [1.29, 1.82) is 0 Å². The number of nitrogens with zero attached hydrogens (tertiary/aromatic N) is 2. The van der Waals surface area contributed by atoms with Crippen LogP contribution in [0, 0.1) is 17.8 Å². The van der Waals surface area contributed by atoms with Crippen LogP contribution in [0.15, 0.2) is 5.16 Å². The zero-order chi connectivity index (χ0) is 12.8. The van der Waals surface area contributed by atoms with Crippen LogP contribution in [0.25, 0.3) is 0 Å². The molecule has 1 saturated heterocycles. The molecule has 1 fully saturated rings. The largest absolute Gasteiger partial charge is 0.409 e. The van der Waals surface area contributed by atoms with Crippen molar-refractivity contribution in [2.45, 2.75) is 40.0 Å². The molecule has 17 heavy (non-hydrogen) atoms. The second-order valence-corrected chi connectivity index (χ2v) is 5.86. The fraction of sp³-hybridized carbons (Fsp3) is 0.923. The van der Waals surface area contributed by atoms with Crippen LogP contribution < -0.4 is 5.73 Å². The molecule has 1 aliphatic rings. The van der Waals surface area contributed by atoms with Gasteiger partial charge >= 0.3 is 0 Å². The molecular weight excluding hydrogens is 214 g/mol. The Balaban J connectivity index is 2.39. The average Bonchev–Trinajstić information content (AvgIpc) is 2.27. The van der Waals surface area contributed by atoms with E-state index >= 15 is 0 Å². The quantitative estimate of drug-likeness (QED) is 0.335. The molecule has 0 amide bonds. The van der Waals surface area contributed by atoms with Gasteiger partial charge in [-0.25, -0.2) is 0 Å². The van der Waals surface area contributed by atoms with Crippen LogP contribution in [0.3, 0.4) is 0 Å². The third-order valence-electron chi connectivity index (χ3n) is 3.48. The van der Waals surface area contributed by atoms with Gasteiger partial charge < -0.3 is 15.8 Å². The number of hydrogen-bond donors (Lipinski definition) is 2.